The molecule has 3 heteroatoms. The summed E-state index contributed by atoms with van der Waals surface area (Å²) in [4.78, 5) is 14.0. The maximum Gasteiger partial charge on any atom is 0.140 e. The second kappa shape index (κ2) is 4.36. The number of benzene rings is 1. The van der Waals surface area contributed by atoms with Crippen LogP contribution in [-0.2, 0) is 9.53 Å². The molecule has 3 fully saturated rings. The lowest BCUT2D eigenvalue weighted by atomic mass is 9.62. The number of rotatable bonds is 3. The van der Waals surface area contributed by atoms with E-state index in [0.29, 0.717) is 11.7 Å². The molecule has 3 aliphatic rings. The summed E-state index contributed by atoms with van der Waals surface area (Å²) >= 11 is 1.84. The third-order valence-electron chi connectivity index (χ3n) is 6.11. The number of ketones is 1. The molecule has 0 bridgehead atoms. The number of Topliss-reactive ketones (excluding diaryl/α,β-unsaturated/α-hetero) is 1. The number of thioether (sulfide) groups is 1. The van der Waals surface area contributed by atoms with Crippen LogP contribution in [0.1, 0.15) is 39.5 Å². The van der Waals surface area contributed by atoms with E-state index in [1.54, 1.807) is 0 Å². The van der Waals surface area contributed by atoms with Crippen molar-refractivity contribution in [2.24, 2.45) is 11.3 Å². The van der Waals surface area contributed by atoms with E-state index in [9.17, 15) is 4.79 Å². The lowest BCUT2D eigenvalue weighted by molar-refractivity contribution is -0.127. The summed E-state index contributed by atoms with van der Waals surface area (Å²) in [6, 6.07) is 10.4. The molecule has 1 heterocycles. The molecular formula is C18H22O2S. The minimum Gasteiger partial charge on any atom is -0.363 e. The fourth-order valence-electron chi connectivity index (χ4n) is 4.60. The maximum atomic E-state index is 12.7. The SMILES string of the molecule is C[C@@]12C[C@H]3CCC(=O)[C@]3(CSc3ccccc3)C[C@]1(C)O2. The molecule has 4 rings (SSSR count). The van der Waals surface area contributed by atoms with E-state index < -0.39 is 0 Å². The molecule has 0 radical (unpaired) electrons. The summed E-state index contributed by atoms with van der Waals surface area (Å²) in [5, 5.41) is 0. The minimum absolute atomic E-state index is 0.0310. The quantitative estimate of drug-likeness (QED) is 0.622. The van der Waals surface area contributed by atoms with Crippen molar-refractivity contribution < 1.29 is 9.53 Å². The van der Waals surface area contributed by atoms with Gasteiger partial charge >= 0.3 is 0 Å². The molecule has 112 valence electrons. The Morgan fingerprint density at radius 1 is 1.24 bits per heavy atom. The van der Waals surface area contributed by atoms with Gasteiger partial charge in [-0.25, -0.2) is 0 Å². The summed E-state index contributed by atoms with van der Waals surface area (Å²) in [5.41, 5.74) is -0.185. The third-order valence-corrected chi connectivity index (χ3v) is 7.38. The van der Waals surface area contributed by atoms with Crippen molar-refractivity contribution in [1.29, 1.82) is 0 Å². The molecule has 4 atom stereocenters. The molecule has 2 saturated carbocycles. The second-order valence-corrected chi connectivity index (χ2v) is 8.41. The van der Waals surface area contributed by atoms with Gasteiger partial charge in [0.05, 0.1) is 11.2 Å². The lowest BCUT2D eigenvalue weighted by Crippen LogP contribution is -2.46. The van der Waals surface area contributed by atoms with Crippen LogP contribution in [0.15, 0.2) is 35.2 Å². The zero-order valence-corrected chi connectivity index (χ0v) is 13.5. The maximum absolute atomic E-state index is 12.7. The van der Waals surface area contributed by atoms with Crippen molar-refractivity contribution in [2.75, 3.05) is 5.75 Å². The molecule has 0 amide bonds. The Bertz CT molecular complexity index is 586. The van der Waals surface area contributed by atoms with Crippen LogP contribution >= 0.6 is 11.8 Å². The van der Waals surface area contributed by atoms with Gasteiger partial charge in [-0.3, -0.25) is 4.79 Å². The van der Waals surface area contributed by atoms with Crippen LogP contribution in [0, 0.1) is 11.3 Å². The highest BCUT2D eigenvalue weighted by Gasteiger charge is 2.73. The standard InChI is InChI=1S/C18H22O2S/c1-16-10-13-8-9-15(19)18(13,11-17(16,2)20-16)12-21-14-6-4-3-5-7-14/h3-7,13H,8-12H2,1-2H3/t13-,16-,17+,18+/m1/s1. The monoisotopic (exact) mass is 302 g/mol. The average Bonchev–Trinajstić information content (AvgIpc) is 2.90. The zero-order chi connectivity index (χ0) is 14.7. The Kier molecular flexibility index (Phi) is 2.87. The van der Waals surface area contributed by atoms with E-state index in [2.05, 4.69) is 38.1 Å². The van der Waals surface area contributed by atoms with Crippen LogP contribution in [0.3, 0.4) is 0 Å². The highest BCUT2D eigenvalue weighted by molar-refractivity contribution is 7.99. The van der Waals surface area contributed by atoms with Crippen LogP contribution in [0.5, 0.6) is 0 Å². The second-order valence-electron chi connectivity index (χ2n) is 7.36. The van der Waals surface area contributed by atoms with Gasteiger partial charge in [0.1, 0.15) is 5.78 Å². The average molecular weight is 302 g/mol. The molecule has 1 aromatic rings. The highest BCUT2D eigenvalue weighted by Crippen LogP contribution is 2.67. The van der Waals surface area contributed by atoms with Gasteiger partial charge in [0.15, 0.2) is 0 Å². The van der Waals surface area contributed by atoms with Crippen LogP contribution in [0.2, 0.25) is 0 Å². The molecule has 0 unspecified atom stereocenters. The number of ether oxygens (including phenoxy) is 1. The molecule has 1 saturated heterocycles. The van der Waals surface area contributed by atoms with Gasteiger partial charge in [-0.2, -0.15) is 0 Å². The van der Waals surface area contributed by atoms with Crippen LogP contribution in [0.4, 0.5) is 0 Å². The van der Waals surface area contributed by atoms with Crippen LogP contribution in [-0.4, -0.2) is 22.7 Å². The van der Waals surface area contributed by atoms with Crippen molar-refractivity contribution >= 4 is 17.5 Å². The predicted molar refractivity (Wildman–Crippen MR) is 84.5 cm³/mol. The van der Waals surface area contributed by atoms with Crippen molar-refractivity contribution in [2.45, 2.75) is 55.6 Å². The fraction of sp³-hybridized carbons (Fsp3) is 0.611. The van der Waals surface area contributed by atoms with E-state index in [0.717, 1.165) is 31.4 Å². The smallest absolute Gasteiger partial charge is 0.140 e. The Morgan fingerprint density at radius 2 is 2.00 bits per heavy atom. The summed E-state index contributed by atoms with van der Waals surface area (Å²) in [7, 11) is 0. The molecule has 2 nitrogen and oxygen atoms in total. The number of fused-ring (bicyclic) bond motifs is 2. The first kappa shape index (κ1) is 13.8. The molecular weight excluding hydrogens is 280 g/mol. The first-order valence-electron chi connectivity index (χ1n) is 7.89. The number of carbonyl (C=O) groups excluding carboxylic acids is 1. The summed E-state index contributed by atoms with van der Waals surface area (Å²) in [6.07, 6.45) is 3.81. The zero-order valence-electron chi connectivity index (χ0n) is 12.7. The van der Waals surface area contributed by atoms with Crippen LogP contribution < -0.4 is 0 Å². The van der Waals surface area contributed by atoms with Crippen molar-refractivity contribution in [1.82, 2.24) is 0 Å². The van der Waals surface area contributed by atoms with E-state index in [4.69, 9.17) is 4.74 Å². The van der Waals surface area contributed by atoms with Gasteiger partial charge in [-0.05, 0) is 51.2 Å². The molecule has 2 aliphatic carbocycles. The van der Waals surface area contributed by atoms with Gasteiger partial charge in [0, 0.05) is 22.5 Å². The number of epoxide rings is 1. The van der Waals surface area contributed by atoms with Crippen molar-refractivity contribution in [3.05, 3.63) is 30.3 Å². The van der Waals surface area contributed by atoms with Gasteiger partial charge in [-0.1, -0.05) is 18.2 Å². The van der Waals surface area contributed by atoms with Crippen LogP contribution in [0.25, 0.3) is 0 Å². The normalized spacial score (nSPS) is 44.3. The Morgan fingerprint density at radius 3 is 2.76 bits per heavy atom. The molecule has 21 heavy (non-hydrogen) atoms. The first-order chi connectivity index (χ1) is 9.98. The fourth-order valence-corrected chi connectivity index (χ4v) is 5.87. The van der Waals surface area contributed by atoms with Crippen molar-refractivity contribution in [3.63, 3.8) is 0 Å². The summed E-state index contributed by atoms with van der Waals surface area (Å²) in [5.74, 6) is 1.91. The molecule has 1 aromatic carbocycles. The number of hydrogen-bond donors (Lipinski definition) is 0. The van der Waals surface area contributed by atoms with E-state index in [-0.39, 0.29) is 16.6 Å². The van der Waals surface area contributed by atoms with E-state index in [1.807, 2.05) is 17.8 Å². The van der Waals surface area contributed by atoms with Gasteiger partial charge in [0.2, 0.25) is 0 Å². The summed E-state index contributed by atoms with van der Waals surface area (Å²) < 4.78 is 6.05. The molecule has 0 N–H and O–H groups in total. The molecule has 0 spiro atoms. The predicted octanol–water partition coefficient (Wildman–Crippen LogP) is 4.09. The first-order valence-corrected chi connectivity index (χ1v) is 8.87. The topological polar surface area (TPSA) is 29.6 Å². The summed E-state index contributed by atoms with van der Waals surface area (Å²) in [6.45, 7) is 4.42. The number of hydrogen-bond acceptors (Lipinski definition) is 3. The van der Waals surface area contributed by atoms with Crippen molar-refractivity contribution in [3.8, 4) is 0 Å². The molecule has 1 aliphatic heterocycles. The van der Waals surface area contributed by atoms with Gasteiger partial charge < -0.3 is 4.74 Å². The minimum atomic E-state index is -0.148. The Labute approximate surface area is 130 Å². The Hall–Kier alpha value is -0.800. The largest absolute Gasteiger partial charge is 0.363 e. The molecule has 0 aromatic heterocycles. The van der Waals surface area contributed by atoms with Gasteiger partial charge in [0.25, 0.3) is 0 Å². The van der Waals surface area contributed by atoms with Gasteiger partial charge in [-0.15, -0.1) is 11.8 Å². The highest BCUT2D eigenvalue weighted by atomic mass is 32.2. The van der Waals surface area contributed by atoms with E-state index >= 15 is 0 Å². The van der Waals surface area contributed by atoms with E-state index in [1.165, 1.54) is 4.90 Å². The lowest BCUT2D eigenvalue weighted by Gasteiger charge is -2.40. The number of carbonyl (C=O) groups is 1. The third kappa shape index (κ3) is 1.93. The Balaban J connectivity index is 1.59.